The van der Waals surface area contributed by atoms with Crippen molar-refractivity contribution in [3.8, 4) is 11.1 Å². The SMILES string of the molecule is NC(=O)C(CCCCCC(=O)c1ccc(-c2ccc(Br)cc2)cc1)c1ccccc1N. The van der Waals surface area contributed by atoms with E-state index in [4.69, 9.17) is 11.5 Å². The summed E-state index contributed by atoms with van der Waals surface area (Å²) in [7, 11) is 0. The van der Waals surface area contributed by atoms with Crippen LogP contribution < -0.4 is 11.5 Å². The Morgan fingerprint density at radius 2 is 1.42 bits per heavy atom. The molecule has 1 amide bonds. The second kappa shape index (κ2) is 10.9. The van der Waals surface area contributed by atoms with E-state index in [0.29, 0.717) is 18.5 Å². The lowest BCUT2D eigenvalue weighted by Gasteiger charge is -2.15. The summed E-state index contributed by atoms with van der Waals surface area (Å²) < 4.78 is 1.04. The maximum absolute atomic E-state index is 12.5. The van der Waals surface area contributed by atoms with Crippen molar-refractivity contribution in [3.63, 3.8) is 0 Å². The molecule has 0 aliphatic carbocycles. The molecule has 4 N–H and O–H groups in total. The first kappa shape index (κ1) is 22.8. The smallest absolute Gasteiger partial charge is 0.225 e. The number of unbranched alkanes of at least 4 members (excludes halogenated alkanes) is 2. The summed E-state index contributed by atoms with van der Waals surface area (Å²) in [6.45, 7) is 0. The van der Waals surface area contributed by atoms with Gasteiger partial charge in [-0.05, 0) is 47.7 Å². The van der Waals surface area contributed by atoms with Crippen molar-refractivity contribution < 1.29 is 9.59 Å². The highest BCUT2D eigenvalue weighted by Gasteiger charge is 2.19. The van der Waals surface area contributed by atoms with Crippen LogP contribution in [-0.4, -0.2) is 11.7 Å². The molecule has 0 fully saturated rings. The second-order valence-electron chi connectivity index (χ2n) is 7.69. The van der Waals surface area contributed by atoms with Gasteiger partial charge in [-0.25, -0.2) is 0 Å². The molecule has 0 radical (unpaired) electrons. The third kappa shape index (κ3) is 6.28. The van der Waals surface area contributed by atoms with Crippen LogP contribution in [0.5, 0.6) is 0 Å². The minimum absolute atomic E-state index is 0.140. The van der Waals surface area contributed by atoms with E-state index in [1.165, 1.54) is 0 Å². The Morgan fingerprint density at radius 3 is 2.03 bits per heavy atom. The maximum Gasteiger partial charge on any atom is 0.225 e. The van der Waals surface area contributed by atoms with Crippen molar-refractivity contribution in [2.75, 3.05) is 5.73 Å². The van der Waals surface area contributed by atoms with Crippen LogP contribution in [0.2, 0.25) is 0 Å². The molecule has 5 heteroatoms. The molecular weight excluding hydrogens is 452 g/mol. The van der Waals surface area contributed by atoms with Crippen LogP contribution in [0.25, 0.3) is 11.1 Å². The van der Waals surface area contributed by atoms with Gasteiger partial charge in [0, 0.05) is 22.1 Å². The fourth-order valence-corrected chi connectivity index (χ4v) is 3.99. The number of para-hydroxylation sites is 1. The monoisotopic (exact) mass is 478 g/mol. The lowest BCUT2D eigenvalue weighted by molar-refractivity contribution is -0.119. The number of anilines is 1. The predicted molar refractivity (Wildman–Crippen MR) is 130 cm³/mol. The number of ketones is 1. The van der Waals surface area contributed by atoms with Crippen molar-refractivity contribution in [2.24, 2.45) is 5.73 Å². The lowest BCUT2D eigenvalue weighted by atomic mass is 9.91. The van der Waals surface area contributed by atoms with Crippen molar-refractivity contribution in [3.05, 3.63) is 88.4 Å². The van der Waals surface area contributed by atoms with Crippen LogP contribution in [0.1, 0.15) is 53.9 Å². The van der Waals surface area contributed by atoms with Gasteiger partial charge < -0.3 is 11.5 Å². The van der Waals surface area contributed by atoms with Gasteiger partial charge in [-0.1, -0.05) is 83.4 Å². The summed E-state index contributed by atoms with van der Waals surface area (Å²) in [5, 5.41) is 0. The van der Waals surface area contributed by atoms with Crippen LogP contribution in [0, 0.1) is 0 Å². The van der Waals surface area contributed by atoms with Gasteiger partial charge >= 0.3 is 0 Å². The van der Waals surface area contributed by atoms with E-state index in [1.807, 2.05) is 66.7 Å². The van der Waals surface area contributed by atoms with E-state index in [9.17, 15) is 9.59 Å². The van der Waals surface area contributed by atoms with Gasteiger partial charge in [-0.15, -0.1) is 0 Å². The molecule has 0 saturated heterocycles. The zero-order valence-electron chi connectivity index (χ0n) is 17.4. The standard InChI is InChI=1S/C26H27BrN2O2/c27-21-16-14-19(15-17-21)18-10-12-20(13-11-18)25(30)9-3-1-2-7-23(26(29)31)22-6-4-5-8-24(22)28/h4-6,8,10-17,23H,1-3,7,9,28H2,(H2,29,31). The number of halogens is 1. The van der Waals surface area contributed by atoms with E-state index in [2.05, 4.69) is 15.9 Å². The van der Waals surface area contributed by atoms with Gasteiger partial charge in [0.1, 0.15) is 0 Å². The fraction of sp³-hybridized carbons (Fsp3) is 0.231. The Balaban J connectivity index is 1.47. The van der Waals surface area contributed by atoms with Gasteiger partial charge in [0.2, 0.25) is 5.91 Å². The third-order valence-electron chi connectivity index (χ3n) is 5.50. The fourth-order valence-electron chi connectivity index (χ4n) is 3.73. The number of primary amides is 1. The number of nitrogen functional groups attached to an aromatic ring is 1. The average molecular weight is 479 g/mol. The molecule has 160 valence electrons. The van der Waals surface area contributed by atoms with E-state index < -0.39 is 0 Å². The van der Waals surface area contributed by atoms with Crippen molar-refractivity contribution in [1.29, 1.82) is 0 Å². The molecule has 0 bridgehead atoms. The molecule has 3 aromatic carbocycles. The molecule has 0 aromatic heterocycles. The molecule has 0 aliphatic rings. The summed E-state index contributed by atoms with van der Waals surface area (Å²) in [4.78, 5) is 24.4. The lowest BCUT2D eigenvalue weighted by Crippen LogP contribution is -2.22. The number of rotatable bonds is 10. The number of hydrogen-bond donors (Lipinski definition) is 2. The molecule has 0 heterocycles. The number of amides is 1. The van der Waals surface area contributed by atoms with Crippen LogP contribution in [0.15, 0.2) is 77.3 Å². The number of hydrogen-bond acceptors (Lipinski definition) is 3. The minimum Gasteiger partial charge on any atom is -0.398 e. The zero-order chi connectivity index (χ0) is 22.2. The highest BCUT2D eigenvalue weighted by atomic mass is 79.9. The molecule has 1 unspecified atom stereocenters. The molecule has 3 aromatic rings. The zero-order valence-corrected chi connectivity index (χ0v) is 19.0. The quantitative estimate of drug-likeness (QED) is 0.209. The predicted octanol–water partition coefficient (Wildman–Crippen LogP) is 6.10. The van der Waals surface area contributed by atoms with Crippen LogP contribution in [-0.2, 0) is 4.79 Å². The highest BCUT2D eigenvalue weighted by molar-refractivity contribution is 9.10. The summed E-state index contributed by atoms with van der Waals surface area (Å²) in [6.07, 6.45) is 3.59. The Morgan fingerprint density at radius 1 is 0.806 bits per heavy atom. The van der Waals surface area contributed by atoms with E-state index in [1.54, 1.807) is 6.07 Å². The summed E-state index contributed by atoms with van der Waals surface area (Å²) in [5.41, 5.74) is 15.9. The topological polar surface area (TPSA) is 86.2 Å². The average Bonchev–Trinajstić information content (AvgIpc) is 2.77. The number of carbonyl (C=O) groups excluding carboxylic acids is 2. The Kier molecular flexibility index (Phi) is 8.01. The maximum atomic E-state index is 12.5. The van der Waals surface area contributed by atoms with Crippen LogP contribution >= 0.6 is 15.9 Å². The van der Waals surface area contributed by atoms with E-state index >= 15 is 0 Å². The number of nitrogens with two attached hydrogens (primary N) is 2. The van der Waals surface area contributed by atoms with Gasteiger partial charge in [0.05, 0.1) is 5.92 Å². The van der Waals surface area contributed by atoms with Crippen LogP contribution in [0.3, 0.4) is 0 Å². The molecule has 0 aliphatic heterocycles. The van der Waals surface area contributed by atoms with E-state index in [0.717, 1.165) is 46.0 Å². The normalized spacial score (nSPS) is 11.8. The van der Waals surface area contributed by atoms with Gasteiger partial charge in [0.25, 0.3) is 0 Å². The summed E-state index contributed by atoms with van der Waals surface area (Å²) in [5.74, 6) is -0.607. The Labute approximate surface area is 191 Å². The largest absolute Gasteiger partial charge is 0.398 e. The Bertz CT molecular complexity index is 1030. The molecule has 31 heavy (non-hydrogen) atoms. The summed E-state index contributed by atoms with van der Waals surface area (Å²) >= 11 is 3.44. The van der Waals surface area contributed by atoms with Crippen molar-refractivity contribution >= 4 is 33.3 Å². The molecular formula is C26H27BrN2O2. The molecule has 0 spiro atoms. The highest BCUT2D eigenvalue weighted by Crippen LogP contribution is 2.27. The first-order chi connectivity index (χ1) is 15.0. The first-order valence-electron chi connectivity index (χ1n) is 10.5. The van der Waals surface area contributed by atoms with Gasteiger partial charge in [0.15, 0.2) is 5.78 Å². The molecule has 4 nitrogen and oxygen atoms in total. The molecule has 3 rings (SSSR count). The van der Waals surface area contributed by atoms with Crippen molar-refractivity contribution in [1.82, 2.24) is 0 Å². The summed E-state index contributed by atoms with van der Waals surface area (Å²) in [6, 6.07) is 23.2. The first-order valence-corrected chi connectivity index (χ1v) is 11.3. The minimum atomic E-state index is -0.386. The number of benzene rings is 3. The second-order valence-corrected chi connectivity index (χ2v) is 8.61. The third-order valence-corrected chi connectivity index (χ3v) is 6.02. The van der Waals surface area contributed by atoms with Crippen molar-refractivity contribution in [2.45, 2.75) is 38.0 Å². The number of carbonyl (C=O) groups is 2. The number of Topliss-reactive ketones (excluding diaryl/α,β-unsaturated/α-hetero) is 1. The van der Waals surface area contributed by atoms with Gasteiger partial charge in [-0.2, -0.15) is 0 Å². The molecule has 0 saturated carbocycles. The van der Waals surface area contributed by atoms with Gasteiger partial charge in [-0.3, -0.25) is 9.59 Å². The van der Waals surface area contributed by atoms with Crippen LogP contribution in [0.4, 0.5) is 5.69 Å². The van der Waals surface area contributed by atoms with E-state index in [-0.39, 0.29) is 17.6 Å². The molecule has 1 atom stereocenters. The Hall–Kier alpha value is -2.92.